The van der Waals surface area contributed by atoms with Gasteiger partial charge >= 0.3 is 0 Å². The summed E-state index contributed by atoms with van der Waals surface area (Å²) in [6.45, 7) is 7.04. The van der Waals surface area contributed by atoms with Gasteiger partial charge in [0.05, 0.1) is 12.2 Å². The van der Waals surface area contributed by atoms with Crippen molar-refractivity contribution in [1.29, 1.82) is 0 Å². The number of hydrogen-bond acceptors (Lipinski definition) is 3. The fourth-order valence-electron chi connectivity index (χ4n) is 3.63. The summed E-state index contributed by atoms with van der Waals surface area (Å²) in [4.78, 5) is 29.9. The molecule has 2 fully saturated rings. The van der Waals surface area contributed by atoms with Crippen molar-refractivity contribution < 1.29 is 9.53 Å². The number of ether oxygens (including phenoxy) is 1. The highest BCUT2D eigenvalue weighted by molar-refractivity contribution is 5.95. The monoisotopic (exact) mass is 332 g/mol. The van der Waals surface area contributed by atoms with Gasteiger partial charge in [-0.05, 0) is 50.7 Å². The van der Waals surface area contributed by atoms with Crippen LogP contribution in [-0.2, 0) is 4.74 Å². The largest absolute Gasteiger partial charge is 0.371 e. The molecule has 2 heterocycles. The van der Waals surface area contributed by atoms with Gasteiger partial charge in [-0.1, -0.05) is 19.8 Å². The molecule has 3 rings (SSSR count). The quantitative estimate of drug-likeness (QED) is 0.902. The van der Waals surface area contributed by atoms with Gasteiger partial charge in [-0.25, -0.2) is 0 Å². The maximum absolute atomic E-state index is 13.0. The van der Waals surface area contributed by atoms with E-state index >= 15 is 0 Å². The highest BCUT2D eigenvalue weighted by Gasteiger charge is 2.40. The van der Waals surface area contributed by atoms with Crippen LogP contribution in [0.2, 0.25) is 0 Å². The summed E-state index contributed by atoms with van der Waals surface area (Å²) >= 11 is 0. The molecule has 2 atom stereocenters. The van der Waals surface area contributed by atoms with Crippen LogP contribution in [0.15, 0.2) is 10.9 Å². The van der Waals surface area contributed by atoms with Crippen molar-refractivity contribution >= 4 is 5.91 Å². The van der Waals surface area contributed by atoms with Gasteiger partial charge in [0.15, 0.2) is 0 Å². The van der Waals surface area contributed by atoms with Crippen molar-refractivity contribution in [2.24, 2.45) is 5.92 Å². The molecule has 2 aliphatic rings. The van der Waals surface area contributed by atoms with Crippen LogP contribution in [0.3, 0.4) is 0 Å². The van der Waals surface area contributed by atoms with E-state index < -0.39 is 0 Å². The van der Waals surface area contributed by atoms with Gasteiger partial charge in [-0.15, -0.1) is 0 Å². The SMILES string of the molecule is CCCC[C@@H]1CN(C(=O)c2c(C)cc(C)[nH]c2=O)C[C@H](C2CC2)O1. The molecule has 1 saturated carbocycles. The Hall–Kier alpha value is -1.62. The molecule has 0 unspecified atom stereocenters. The molecule has 5 nitrogen and oxygen atoms in total. The van der Waals surface area contributed by atoms with E-state index in [-0.39, 0.29) is 29.2 Å². The third-order valence-electron chi connectivity index (χ3n) is 5.09. The second-order valence-electron chi connectivity index (χ2n) is 7.33. The number of aromatic nitrogens is 1. The summed E-state index contributed by atoms with van der Waals surface area (Å²) < 4.78 is 6.23. The second-order valence-corrected chi connectivity index (χ2v) is 7.33. The normalized spacial score (nSPS) is 24.2. The van der Waals surface area contributed by atoms with E-state index in [1.54, 1.807) is 0 Å². The number of pyridine rings is 1. The first-order chi connectivity index (χ1) is 11.5. The third-order valence-corrected chi connectivity index (χ3v) is 5.09. The Morgan fingerprint density at radius 2 is 2.08 bits per heavy atom. The van der Waals surface area contributed by atoms with E-state index in [2.05, 4.69) is 11.9 Å². The minimum absolute atomic E-state index is 0.0955. The van der Waals surface area contributed by atoms with Crippen LogP contribution < -0.4 is 5.56 Å². The number of aryl methyl sites for hydroxylation is 2. The van der Waals surface area contributed by atoms with E-state index in [1.165, 1.54) is 12.8 Å². The highest BCUT2D eigenvalue weighted by Crippen LogP contribution is 2.37. The molecule has 0 radical (unpaired) electrons. The zero-order valence-electron chi connectivity index (χ0n) is 14.9. The molecule has 1 amide bonds. The van der Waals surface area contributed by atoms with Crippen LogP contribution in [0.25, 0.3) is 0 Å². The van der Waals surface area contributed by atoms with Crippen molar-refractivity contribution in [3.05, 3.63) is 33.2 Å². The maximum atomic E-state index is 13.0. The molecule has 5 heteroatoms. The Kier molecular flexibility index (Phi) is 5.09. The van der Waals surface area contributed by atoms with Gasteiger partial charge in [-0.2, -0.15) is 0 Å². The van der Waals surface area contributed by atoms with Crippen LogP contribution in [0, 0.1) is 19.8 Å². The number of amides is 1. The summed E-state index contributed by atoms with van der Waals surface area (Å²) in [5.41, 5.74) is 1.54. The molecule has 0 aromatic carbocycles. The van der Waals surface area contributed by atoms with Crippen molar-refractivity contribution in [2.45, 2.75) is 65.1 Å². The van der Waals surface area contributed by atoms with E-state index in [0.29, 0.717) is 19.0 Å². The Balaban J connectivity index is 1.81. The molecule has 132 valence electrons. The minimum Gasteiger partial charge on any atom is -0.371 e. The number of nitrogens with zero attached hydrogens (tertiary/aromatic N) is 1. The average molecular weight is 332 g/mol. The number of hydrogen-bond donors (Lipinski definition) is 1. The fraction of sp³-hybridized carbons (Fsp3) is 0.684. The molecular formula is C19H28N2O3. The first-order valence-electron chi connectivity index (χ1n) is 9.14. The predicted molar refractivity (Wildman–Crippen MR) is 93.4 cm³/mol. The van der Waals surface area contributed by atoms with Crippen LogP contribution in [0.4, 0.5) is 0 Å². The molecular weight excluding hydrogens is 304 g/mol. The second kappa shape index (κ2) is 7.09. The number of carbonyl (C=O) groups excluding carboxylic acids is 1. The Labute approximate surface area is 143 Å². The van der Waals surface area contributed by atoms with Gasteiger partial charge in [0.25, 0.3) is 11.5 Å². The van der Waals surface area contributed by atoms with Gasteiger partial charge < -0.3 is 14.6 Å². The summed E-state index contributed by atoms with van der Waals surface area (Å²) in [6, 6.07) is 1.86. The van der Waals surface area contributed by atoms with Gasteiger partial charge in [0.2, 0.25) is 0 Å². The molecule has 0 bridgehead atoms. The lowest BCUT2D eigenvalue weighted by atomic mass is 10.0. The third kappa shape index (κ3) is 3.72. The van der Waals surface area contributed by atoms with E-state index in [1.807, 2.05) is 24.8 Å². The van der Waals surface area contributed by atoms with Gasteiger partial charge in [-0.3, -0.25) is 9.59 Å². The first-order valence-corrected chi connectivity index (χ1v) is 9.14. The van der Waals surface area contributed by atoms with Crippen LogP contribution in [0.5, 0.6) is 0 Å². The van der Waals surface area contributed by atoms with Crippen molar-refractivity contribution in [1.82, 2.24) is 9.88 Å². The van der Waals surface area contributed by atoms with Crippen LogP contribution in [0.1, 0.15) is 60.6 Å². The summed E-state index contributed by atoms with van der Waals surface area (Å²) in [6.07, 6.45) is 5.82. The standard InChI is InChI=1S/C19H28N2O3/c1-4-5-6-15-10-21(11-16(24-15)14-7-8-14)19(23)17-12(2)9-13(3)20-18(17)22/h9,14-16H,4-8,10-11H2,1-3H3,(H,20,22)/t15-,16-/m1/s1. The zero-order valence-corrected chi connectivity index (χ0v) is 14.9. The number of unbranched alkanes of at least 4 members (excludes halogenated alkanes) is 1. The topological polar surface area (TPSA) is 62.4 Å². The Morgan fingerprint density at radius 1 is 1.33 bits per heavy atom. The number of aromatic amines is 1. The van der Waals surface area contributed by atoms with E-state index in [0.717, 1.165) is 30.5 Å². The zero-order chi connectivity index (χ0) is 17.3. The number of carbonyl (C=O) groups is 1. The number of rotatable bonds is 5. The summed E-state index contributed by atoms with van der Waals surface area (Å²) in [5, 5.41) is 0. The molecule has 1 saturated heterocycles. The van der Waals surface area contributed by atoms with E-state index in [9.17, 15) is 9.59 Å². The molecule has 1 N–H and O–H groups in total. The van der Waals surface area contributed by atoms with Crippen molar-refractivity contribution in [2.75, 3.05) is 13.1 Å². The first kappa shape index (κ1) is 17.2. The van der Waals surface area contributed by atoms with Gasteiger partial charge in [0, 0.05) is 18.8 Å². The van der Waals surface area contributed by atoms with Crippen LogP contribution in [-0.4, -0.2) is 41.1 Å². The molecule has 24 heavy (non-hydrogen) atoms. The average Bonchev–Trinajstić information content (AvgIpc) is 3.36. The maximum Gasteiger partial charge on any atom is 0.261 e. The summed E-state index contributed by atoms with van der Waals surface area (Å²) in [5.74, 6) is 0.436. The number of nitrogens with one attached hydrogen (secondary N) is 1. The van der Waals surface area contributed by atoms with Crippen LogP contribution >= 0.6 is 0 Å². The minimum atomic E-state index is -0.280. The van der Waals surface area contributed by atoms with Crippen molar-refractivity contribution in [3.63, 3.8) is 0 Å². The Bertz CT molecular complexity index is 663. The lowest BCUT2D eigenvalue weighted by Gasteiger charge is -2.38. The van der Waals surface area contributed by atoms with E-state index in [4.69, 9.17) is 4.74 Å². The highest BCUT2D eigenvalue weighted by atomic mass is 16.5. The molecule has 1 aliphatic heterocycles. The fourth-order valence-corrected chi connectivity index (χ4v) is 3.63. The number of H-pyrrole nitrogens is 1. The summed E-state index contributed by atoms with van der Waals surface area (Å²) in [7, 11) is 0. The smallest absolute Gasteiger partial charge is 0.261 e. The predicted octanol–water partition coefficient (Wildman–Crippen LogP) is 2.80. The number of morpholine rings is 1. The van der Waals surface area contributed by atoms with Gasteiger partial charge in [0.1, 0.15) is 5.56 Å². The lowest BCUT2D eigenvalue weighted by Crippen LogP contribution is -2.51. The van der Waals surface area contributed by atoms with Crippen molar-refractivity contribution in [3.8, 4) is 0 Å². The molecule has 1 aliphatic carbocycles. The molecule has 1 aromatic rings. The molecule has 0 spiro atoms. The molecule has 1 aromatic heterocycles. The Morgan fingerprint density at radius 3 is 2.71 bits per heavy atom. The lowest BCUT2D eigenvalue weighted by molar-refractivity contribution is -0.0874.